The van der Waals surface area contributed by atoms with Crippen LogP contribution in [0.1, 0.15) is 31.9 Å². The number of hydrogen-bond donors (Lipinski definition) is 1. The number of aliphatic hydroxyl groups excluding tert-OH is 1. The van der Waals surface area contributed by atoms with Gasteiger partial charge < -0.3 is 9.84 Å². The van der Waals surface area contributed by atoms with Crippen molar-refractivity contribution >= 4 is 11.6 Å². The Morgan fingerprint density at radius 1 is 1.15 bits per heavy atom. The number of benzene rings is 2. The zero-order valence-corrected chi connectivity index (χ0v) is 12.3. The lowest BCUT2D eigenvalue weighted by atomic mass is 9.90. The minimum atomic E-state index is -0.546. The summed E-state index contributed by atoms with van der Waals surface area (Å²) in [5, 5.41) is 10.9. The number of fused-ring (bicyclic) bond motifs is 1. The summed E-state index contributed by atoms with van der Waals surface area (Å²) in [5.74, 6) is 0.607. The molecule has 1 atom stereocenters. The van der Waals surface area contributed by atoms with Gasteiger partial charge >= 0.3 is 0 Å². The SMILES string of the molecule is CC1(C)CC(O)c2cc(-c3ccccc3)cc(Cl)c2O1. The second-order valence-corrected chi connectivity index (χ2v) is 6.23. The van der Waals surface area contributed by atoms with Gasteiger partial charge in [0.2, 0.25) is 0 Å². The Kier molecular flexibility index (Phi) is 3.23. The Hall–Kier alpha value is -1.51. The number of ether oxygens (including phenoxy) is 1. The van der Waals surface area contributed by atoms with Crippen LogP contribution in [0.15, 0.2) is 42.5 Å². The lowest BCUT2D eigenvalue weighted by Gasteiger charge is -2.36. The van der Waals surface area contributed by atoms with Crippen LogP contribution in [0.2, 0.25) is 5.02 Å². The number of halogens is 1. The molecule has 2 aromatic rings. The largest absolute Gasteiger partial charge is 0.486 e. The van der Waals surface area contributed by atoms with Crippen LogP contribution >= 0.6 is 11.6 Å². The minimum absolute atomic E-state index is 0.398. The molecule has 0 bridgehead atoms. The lowest BCUT2D eigenvalue weighted by molar-refractivity contribution is 0.0117. The van der Waals surface area contributed by atoms with Gasteiger partial charge in [0, 0.05) is 12.0 Å². The fraction of sp³-hybridized carbons (Fsp3) is 0.294. The van der Waals surface area contributed by atoms with E-state index in [4.69, 9.17) is 16.3 Å². The average Bonchev–Trinajstić information content (AvgIpc) is 2.40. The van der Waals surface area contributed by atoms with Crippen LogP contribution in [0, 0.1) is 0 Å². The Balaban J connectivity index is 2.12. The van der Waals surface area contributed by atoms with Crippen LogP contribution in [0.4, 0.5) is 0 Å². The molecule has 1 aliphatic heterocycles. The van der Waals surface area contributed by atoms with Gasteiger partial charge in [-0.25, -0.2) is 0 Å². The summed E-state index contributed by atoms with van der Waals surface area (Å²) in [6.45, 7) is 3.92. The first-order valence-electron chi connectivity index (χ1n) is 6.72. The van der Waals surface area contributed by atoms with E-state index in [1.165, 1.54) is 0 Å². The molecule has 1 unspecified atom stereocenters. The Bertz CT molecular complexity index is 635. The second-order valence-electron chi connectivity index (χ2n) is 5.82. The first-order valence-corrected chi connectivity index (χ1v) is 7.10. The molecular formula is C17H17ClO2. The molecule has 104 valence electrons. The maximum Gasteiger partial charge on any atom is 0.144 e. The van der Waals surface area contributed by atoms with Gasteiger partial charge in [0.1, 0.15) is 11.4 Å². The normalized spacial score (nSPS) is 20.1. The van der Waals surface area contributed by atoms with Crippen molar-refractivity contribution in [3.8, 4) is 16.9 Å². The van der Waals surface area contributed by atoms with E-state index in [2.05, 4.69) is 0 Å². The van der Waals surface area contributed by atoms with Crippen LogP contribution in [0.5, 0.6) is 5.75 Å². The van der Waals surface area contributed by atoms with E-state index < -0.39 is 11.7 Å². The molecule has 1 heterocycles. The standard InChI is InChI=1S/C17H17ClO2/c1-17(2)10-15(19)13-8-12(9-14(18)16(13)20-17)11-6-4-3-5-7-11/h3-9,15,19H,10H2,1-2H3. The molecule has 0 fully saturated rings. The highest BCUT2D eigenvalue weighted by Gasteiger charge is 2.34. The van der Waals surface area contributed by atoms with Gasteiger partial charge in [-0.15, -0.1) is 0 Å². The van der Waals surface area contributed by atoms with Gasteiger partial charge in [0.05, 0.1) is 11.1 Å². The van der Waals surface area contributed by atoms with Gasteiger partial charge in [-0.1, -0.05) is 41.9 Å². The molecule has 2 nitrogen and oxygen atoms in total. The van der Waals surface area contributed by atoms with Crippen molar-refractivity contribution in [2.24, 2.45) is 0 Å². The van der Waals surface area contributed by atoms with E-state index in [1.807, 2.05) is 56.3 Å². The van der Waals surface area contributed by atoms with Crippen molar-refractivity contribution in [1.82, 2.24) is 0 Å². The van der Waals surface area contributed by atoms with Crippen molar-refractivity contribution < 1.29 is 9.84 Å². The molecule has 0 aliphatic carbocycles. The van der Waals surface area contributed by atoms with E-state index in [-0.39, 0.29) is 0 Å². The molecule has 0 saturated heterocycles. The maximum atomic E-state index is 10.4. The molecule has 0 radical (unpaired) electrons. The third kappa shape index (κ3) is 2.41. The van der Waals surface area contributed by atoms with E-state index in [0.29, 0.717) is 17.2 Å². The van der Waals surface area contributed by atoms with Gasteiger partial charge in [-0.3, -0.25) is 0 Å². The molecule has 0 saturated carbocycles. The van der Waals surface area contributed by atoms with Crippen LogP contribution in [0.25, 0.3) is 11.1 Å². The highest BCUT2D eigenvalue weighted by molar-refractivity contribution is 6.32. The molecule has 0 aromatic heterocycles. The third-order valence-electron chi connectivity index (χ3n) is 3.60. The summed E-state index contributed by atoms with van der Waals surface area (Å²) in [7, 11) is 0. The quantitative estimate of drug-likeness (QED) is 0.831. The highest BCUT2D eigenvalue weighted by atomic mass is 35.5. The molecule has 20 heavy (non-hydrogen) atoms. The van der Waals surface area contributed by atoms with Crippen molar-refractivity contribution in [1.29, 1.82) is 0 Å². The topological polar surface area (TPSA) is 29.5 Å². The van der Waals surface area contributed by atoms with Crippen molar-refractivity contribution in [2.45, 2.75) is 32.0 Å². The van der Waals surface area contributed by atoms with Crippen molar-refractivity contribution in [3.05, 3.63) is 53.1 Å². The number of aliphatic hydroxyl groups is 1. The predicted molar refractivity (Wildman–Crippen MR) is 81.2 cm³/mol. The Morgan fingerprint density at radius 2 is 1.85 bits per heavy atom. The first kappa shape index (κ1) is 13.5. The van der Waals surface area contributed by atoms with Gasteiger partial charge in [-0.05, 0) is 37.1 Å². The fourth-order valence-electron chi connectivity index (χ4n) is 2.66. The van der Waals surface area contributed by atoms with Crippen LogP contribution in [-0.4, -0.2) is 10.7 Å². The molecular weight excluding hydrogens is 272 g/mol. The molecule has 1 N–H and O–H groups in total. The summed E-state index contributed by atoms with van der Waals surface area (Å²) >= 11 is 6.35. The van der Waals surface area contributed by atoms with Gasteiger partial charge in [0.25, 0.3) is 0 Å². The highest BCUT2D eigenvalue weighted by Crippen LogP contribution is 2.45. The molecule has 1 aliphatic rings. The Labute approximate surface area is 124 Å². The van der Waals surface area contributed by atoms with Crippen LogP contribution in [0.3, 0.4) is 0 Å². The molecule has 3 rings (SSSR count). The first-order chi connectivity index (χ1) is 9.46. The van der Waals surface area contributed by atoms with Crippen LogP contribution < -0.4 is 4.74 Å². The summed E-state index contributed by atoms with van der Waals surface area (Å²) in [4.78, 5) is 0. The van der Waals surface area contributed by atoms with Gasteiger partial charge in [0.15, 0.2) is 0 Å². The zero-order chi connectivity index (χ0) is 14.3. The van der Waals surface area contributed by atoms with E-state index in [9.17, 15) is 5.11 Å². The van der Waals surface area contributed by atoms with Crippen LogP contribution in [-0.2, 0) is 0 Å². The molecule has 2 aromatic carbocycles. The zero-order valence-electron chi connectivity index (χ0n) is 11.6. The monoisotopic (exact) mass is 288 g/mol. The van der Waals surface area contributed by atoms with E-state index >= 15 is 0 Å². The minimum Gasteiger partial charge on any atom is -0.486 e. The summed E-state index contributed by atoms with van der Waals surface area (Å²) < 4.78 is 5.92. The van der Waals surface area contributed by atoms with E-state index in [1.54, 1.807) is 0 Å². The average molecular weight is 289 g/mol. The lowest BCUT2D eigenvalue weighted by Crippen LogP contribution is -2.35. The van der Waals surface area contributed by atoms with Gasteiger partial charge in [-0.2, -0.15) is 0 Å². The predicted octanol–water partition coefficient (Wildman–Crippen LogP) is 4.60. The maximum absolute atomic E-state index is 10.4. The molecule has 3 heteroatoms. The fourth-order valence-corrected chi connectivity index (χ4v) is 2.93. The summed E-state index contributed by atoms with van der Waals surface area (Å²) in [6, 6.07) is 13.9. The van der Waals surface area contributed by atoms with Crippen molar-refractivity contribution in [2.75, 3.05) is 0 Å². The number of rotatable bonds is 1. The second kappa shape index (κ2) is 4.80. The Morgan fingerprint density at radius 3 is 2.55 bits per heavy atom. The molecule has 0 spiro atoms. The summed E-state index contributed by atoms with van der Waals surface area (Å²) in [6.07, 6.45) is 0.0177. The number of hydrogen-bond acceptors (Lipinski definition) is 2. The summed E-state index contributed by atoms with van der Waals surface area (Å²) in [5.41, 5.74) is 2.45. The van der Waals surface area contributed by atoms with Crippen molar-refractivity contribution in [3.63, 3.8) is 0 Å². The third-order valence-corrected chi connectivity index (χ3v) is 3.88. The smallest absolute Gasteiger partial charge is 0.144 e. The van der Waals surface area contributed by atoms with E-state index in [0.717, 1.165) is 16.7 Å². The molecule has 0 amide bonds.